The Bertz CT molecular complexity index is 136. The van der Waals surface area contributed by atoms with Crippen LogP contribution in [-0.4, -0.2) is 12.6 Å². The molecule has 70 valence electrons. The summed E-state index contributed by atoms with van der Waals surface area (Å²) in [6, 6.07) is 0.796. The molecular weight excluding hydrogens is 146 g/mol. The van der Waals surface area contributed by atoms with Gasteiger partial charge in [0.15, 0.2) is 0 Å². The van der Waals surface area contributed by atoms with Crippen molar-refractivity contribution in [2.45, 2.75) is 51.5 Å². The van der Waals surface area contributed by atoms with Crippen molar-refractivity contribution in [3.05, 3.63) is 0 Å². The summed E-state index contributed by atoms with van der Waals surface area (Å²) in [5.74, 6) is 2.09. The molecule has 1 unspecified atom stereocenters. The molecule has 1 atom stereocenters. The van der Waals surface area contributed by atoms with Gasteiger partial charge < -0.3 is 5.32 Å². The van der Waals surface area contributed by atoms with E-state index < -0.39 is 0 Å². The van der Waals surface area contributed by atoms with Gasteiger partial charge in [0.1, 0.15) is 0 Å². The van der Waals surface area contributed by atoms with E-state index >= 15 is 0 Å². The van der Waals surface area contributed by atoms with Gasteiger partial charge in [-0.2, -0.15) is 0 Å². The molecule has 0 bridgehead atoms. The van der Waals surface area contributed by atoms with Crippen LogP contribution < -0.4 is 5.32 Å². The lowest BCUT2D eigenvalue weighted by atomic mass is 9.83. The number of hydrogen-bond acceptors (Lipinski definition) is 1. The van der Waals surface area contributed by atoms with E-state index in [2.05, 4.69) is 12.2 Å². The summed E-state index contributed by atoms with van der Waals surface area (Å²) in [6.45, 7) is 3.61. The summed E-state index contributed by atoms with van der Waals surface area (Å²) in [6.07, 6.45) is 8.86. The molecule has 0 heterocycles. The molecule has 12 heavy (non-hydrogen) atoms. The van der Waals surface area contributed by atoms with Crippen LogP contribution in [0.4, 0.5) is 0 Å². The zero-order chi connectivity index (χ0) is 8.39. The lowest BCUT2D eigenvalue weighted by molar-refractivity contribution is 0.286. The van der Waals surface area contributed by atoms with Crippen molar-refractivity contribution < 1.29 is 0 Å². The average Bonchev–Trinajstić information content (AvgIpc) is 2.75. The van der Waals surface area contributed by atoms with Crippen molar-refractivity contribution in [1.29, 1.82) is 0 Å². The zero-order valence-electron chi connectivity index (χ0n) is 8.18. The van der Waals surface area contributed by atoms with E-state index in [0.29, 0.717) is 0 Å². The van der Waals surface area contributed by atoms with E-state index in [4.69, 9.17) is 0 Å². The highest BCUT2D eigenvalue weighted by Gasteiger charge is 2.27. The summed E-state index contributed by atoms with van der Waals surface area (Å²) >= 11 is 0. The third-order valence-electron chi connectivity index (χ3n) is 3.57. The monoisotopic (exact) mass is 167 g/mol. The minimum absolute atomic E-state index is 0.796. The fourth-order valence-corrected chi connectivity index (χ4v) is 2.06. The standard InChI is InChI=1S/C11H21N/c1-9(11-5-6-11)12-8-7-10-3-2-4-10/h9-12H,2-8H2,1H3. The molecule has 2 fully saturated rings. The predicted octanol–water partition coefficient (Wildman–Crippen LogP) is 2.56. The quantitative estimate of drug-likeness (QED) is 0.663. The molecule has 2 aliphatic rings. The Morgan fingerprint density at radius 2 is 2.00 bits per heavy atom. The molecule has 0 aromatic heterocycles. The average molecular weight is 167 g/mol. The van der Waals surface area contributed by atoms with Crippen LogP contribution in [0.5, 0.6) is 0 Å². The molecule has 0 aromatic carbocycles. The van der Waals surface area contributed by atoms with Crippen molar-refractivity contribution in [2.24, 2.45) is 11.8 Å². The van der Waals surface area contributed by atoms with Crippen LogP contribution in [0, 0.1) is 11.8 Å². The molecule has 1 heteroatoms. The van der Waals surface area contributed by atoms with E-state index in [9.17, 15) is 0 Å². The molecule has 0 radical (unpaired) electrons. The van der Waals surface area contributed by atoms with Crippen LogP contribution in [0.25, 0.3) is 0 Å². The predicted molar refractivity (Wildman–Crippen MR) is 52.1 cm³/mol. The topological polar surface area (TPSA) is 12.0 Å². The first-order valence-electron chi connectivity index (χ1n) is 5.59. The maximum absolute atomic E-state index is 3.64. The summed E-state index contributed by atoms with van der Waals surface area (Å²) < 4.78 is 0. The Balaban J connectivity index is 1.49. The van der Waals surface area contributed by atoms with Crippen molar-refractivity contribution in [3.63, 3.8) is 0 Å². The Morgan fingerprint density at radius 1 is 1.25 bits per heavy atom. The second-order valence-corrected chi connectivity index (χ2v) is 4.67. The van der Waals surface area contributed by atoms with Gasteiger partial charge in [0.25, 0.3) is 0 Å². The second kappa shape index (κ2) is 3.78. The largest absolute Gasteiger partial charge is 0.314 e. The van der Waals surface area contributed by atoms with E-state index in [1.807, 2.05) is 0 Å². The highest BCUT2D eigenvalue weighted by Crippen LogP contribution is 2.33. The molecule has 2 saturated carbocycles. The van der Waals surface area contributed by atoms with Gasteiger partial charge in [-0.25, -0.2) is 0 Å². The first kappa shape index (κ1) is 8.55. The Kier molecular flexibility index (Phi) is 2.69. The van der Waals surface area contributed by atoms with E-state index in [1.165, 1.54) is 45.1 Å². The molecule has 1 nitrogen and oxygen atoms in total. The maximum atomic E-state index is 3.64. The third kappa shape index (κ3) is 2.22. The summed E-state index contributed by atoms with van der Waals surface area (Å²) in [5.41, 5.74) is 0. The van der Waals surface area contributed by atoms with E-state index in [-0.39, 0.29) is 0 Å². The van der Waals surface area contributed by atoms with Crippen LogP contribution in [0.2, 0.25) is 0 Å². The van der Waals surface area contributed by atoms with Crippen LogP contribution in [0.15, 0.2) is 0 Å². The molecule has 0 aliphatic heterocycles. The summed E-state index contributed by atoms with van der Waals surface area (Å²) in [5, 5.41) is 3.64. The van der Waals surface area contributed by atoms with Crippen molar-refractivity contribution in [2.75, 3.05) is 6.54 Å². The lowest BCUT2D eigenvalue weighted by Gasteiger charge is -2.26. The Labute approximate surface area is 75.9 Å². The molecule has 2 rings (SSSR count). The molecule has 0 saturated heterocycles. The SMILES string of the molecule is CC(NCCC1CCC1)C1CC1. The first-order chi connectivity index (χ1) is 5.86. The van der Waals surface area contributed by atoms with Gasteiger partial charge in [0.2, 0.25) is 0 Å². The maximum Gasteiger partial charge on any atom is 0.00670 e. The number of nitrogens with one attached hydrogen (secondary N) is 1. The van der Waals surface area contributed by atoms with Gasteiger partial charge in [0, 0.05) is 6.04 Å². The third-order valence-corrected chi connectivity index (χ3v) is 3.57. The van der Waals surface area contributed by atoms with Gasteiger partial charge in [0.05, 0.1) is 0 Å². The molecule has 0 amide bonds. The van der Waals surface area contributed by atoms with Crippen LogP contribution in [0.1, 0.15) is 45.4 Å². The van der Waals surface area contributed by atoms with Crippen molar-refractivity contribution in [3.8, 4) is 0 Å². The molecule has 1 N–H and O–H groups in total. The van der Waals surface area contributed by atoms with Gasteiger partial charge in [-0.15, -0.1) is 0 Å². The van der Waals surface area contributed by atoms with Gasteiger partial charge in [-0.05, 0) is 44.6 Å². The number of hydrogen-bond donors (Lipinski definition) is 1. The molecular formula is C11H21N. The molecule has 0 spiro atoms. The number of rotatable bonds is 5. The van der Waals surface area contributed by atoms with Crippen molar-refractivity contribution >= 4 is 0 Å². The van der Waals surface area contributed by atoms with Crippen LogP contribution >= 0.6 is 0 Å². The van der Waals surface area contributed by atoms with E-state index in [0.717, 1.165) is 17.9 Å². The highest BCUT2D eigenvalue weighted by atomic mass is 14.9. The van der Waals surface area contributed by atoms with Crippen LogP contribution in [-0.2, 0) is 0 Å². The Hall–Kier alpha value is -0.0400. The lowest BCUT2D eigenvalue weighted by Crippen LogP contribution is -2.30. The van der Waals surface area contributed by atoms with E-state index in [1.54, 1.807) is 0 Å². The second-order valence-electron chi connectivity index (χ2n) is 4.67. The fraction of sp³-hybridized carbons (Fsp3) is 1.00. The van der Waals surface area contributed by atoms with Gasteiger partial charge in [-0.3, -0.25) is 0 Å². The van der Waals surface area contributed by atoms with Crippen molar-refractivity contribution in [1.82, 2.24) is 5.32 Å². The van der Waals surface area contributed by atoms with Gasteiger partial charge in [-0.1, -0.05) is 19.3 Å². The fourth-order valence-electron chi connectivity index (χ4n) is 2.06. The summed E-state index contributed by atoms with van der Waals surface area (Å²) in [7, 11) is 0. The first-order valence-corrected chi connectivity index (χ1v) is 5.59. The van der Waals surface area contributed by atoms with Crippen LogP contribution in [0.3, 0.4) is 0 Å². The molecule has 0 aromatic rings. The minimum atomic E-state index is 0.796. The normalized spacial score (nSPS) is 26.8. The molecule has 2 aliphatic carbocycles. The smallest absolute Gasteiger partial charge is 0.00670 e. The highest BCUT2D eigenvalue weighted by molar-refractivity contribution is 4.83. The minimum Gasteiger partial charge on any atom is -0.314 e. The Morgan fingerprint density at radius 3 is 2.50 bits per heavy atom. The zero-order valence-corrected chi connectivity index (χ0v) is 8.18. The van der Waals surface area contributed by atoms with Gasteiger partial charge >= 0.3 is 0 Å². The summed E-state index contributed by atoms with van der Waals surface area (Å²) in [4.78, 5) is 0.